The van der Waals surface area contributed by atoms with Gasteiger partial charge in [-0.1, -0.05) is 43.1 Å². The van der Waals surface area contributed by atoms with Gasteiger partial charge in [-0.3, -0.25) is 9.59 Å². The average Bonchev–Trinajstić information content (AvgIpc) is 3.78. The number of piperidine rings is 1. The van der Waals surface area contributed by atoms with Crippen molar-refractivity contribution in [1.82, 2.24) is 14.7 Å². The van der Waals surface area contributed by atoms with Crippen LogP contribution < -0.4 is 0 Å². The van der Waals surface area contributed by atoms with E-state index in [1.165, 1.54) is 0 Å². The molecule has 3 amide bonds. The van der Waals surface area contributed by atoms with Gasteiger partial charge in [0.05, 0.1) is 22.7 Å². The van der Waals surface area contributed by atoms with Crippen molar-refractivity contribution in [2.45, 2.75) is 64.3 Å². The molecule has 0 spiro atoms. The number of rotatable bonds is 6. The van der Waals surface area contributed by atoms with E-state index < -0.39 is 0 Å². The lowest BCUT2D eigenvalue weighted by molar-refractivity contribution is -0.142. The Morgan fingerprint density at radius 1 is 1.00 bits per heavy atom. The van der Waals surface area contributed by atoms with Gasteiger partial charge in [-0.25, -0.2) is 4.79 Å². The van der Waals surface area contributed by atoms with E-state index in [0.717, 1.165) is 31.2 Å². The largest absolute Gasteiger partial charge is 0.449 e. The summed E-state index contributed by atoms with van der Waals surface area (Å²) in [6.45, 7) is 6.76. The first-order valence-electron chi connectivity index (χ1n) is 13.4. The van der Waals surface area contributed by atoms with E-state index in [0.29, 0.717) is 55.7 Å². The molecule has 2 aliphatic carbocycles. The van der Waals surface area contributed by atoms with E-state index in [1.807, 2.05) is 28.9 Å². The summed E-state index contributed by atoms with van der Waals surface area (Å²) in [6, 6.07) is 5.28. The van der Waals surface area contributed by atoms with Crippen LogP contribution in [-0.4, -0.2) is 78.5 Å². The first-order valence-corrected chi connectivity index (χ1v) is 14.2. The number of benzene rings is 1. The normalized spacial score (nSPS) is 26.1. The lowest BCUT2D eigenvalue weighted by Crippen LogP contribution is -2.46. The van der Waals surface area contributed by atoms with Crippen molar-refractivity contribution in [1.29, 1.82) is 0 Å². The third kappa shape index (κ3) is 5.58. The number of amides is 3. The molecule has 2 heterocycles. The summed E-state index contributed by atoms with van der Waals surface area (Å²) < 4.78 is 5.65. The molecule has 5 rings (SSSR count). The lowest BCUT2D eigenvalue weighted by Gasteiger charge is -2.34. The molecule has 0 bridgehead atoms. The van der Waals surface area contributed by atoms with Crippen molar-refractivity contribution < 1.29 is 19.1 Å². The minimum atomic E-state index is -0.363. The Kier molecular flexibility index (Phi) is 7.16. The van der Waals surface area contributed by atoms with E-state index in [-0.39, 0.29) is 46.6 Å². The number of nitrogens with zero attached hydrogens (tertiary/aromatic N) is 3. The number of hydrogen-bond donors (Lipinski definition) is 0. The molecule has 9 heteroatoms. The second-order valence-electron chi connectivity index (χ2n) is 12.2. The summed E-state index contributed by atoms with van der Waals surface area (Å²) in [6.07, 6.45) is 5.07. The zero-order valence-electron chi connectivity index (χ0n) is 22.0. The van der Waals surface area contributed by atoms with Gasteiger partial charge in [0.25, 0.3) is 0 Å². The molecule has 2 saturated carbocycles. The third-order valence-electron chi connectivity index (χ3n) is 9.05. The quantitative estimate of drug-likeness (QED) is 0.489. The fraction of sp³-hybridized carbons (Fsp3) is 0.679. The van der Waals surface area contributed by atoms with Crippen molar-refractivity contribution in [3.8, 4) is 0 Å². The number of hydrogen-bond acceptors (Lipinski definition) is 4. The number of ether oxygens (including phenoxy) is 1. The van der Waals surface area contributed by atoms with Crippen LogP contribution in [-0.2, 0) is 14.3 Å². The second-order valence-corrected chi connectivity index (χ2v) is 13.0. The zero-order valence-corrected chi connectivity index (χ0v) is 23.5. The first kappa shape index (κ1) is 26.6. The van der Waals surface area contributed by atoms with Gasteiger partial charge < -0.3 is 19.4 Å². The van der Waals surface area contributed by atoms with Crippen LogP contribution in [0.2, 0.25) is 10.0 Å². The van der Waals surface area contributed by atoms with E-state index in [9.17, 15) is 14.4 Å². The Balaban J connectivity index is 1.27. The molecule has 0 radical (unpaired) electrons. The molecule has 1 aromatic rings. The number of carbonyl (C=O) groups excluding carboxylic acids is 3. The highest BCUT2D eigenvalue weighted by atomic mass is 35.5. The highest BCUT2D eigenvalue weighted by Crippen LogP contribution is 2.47. The van der Waals surface area contributed by atoms with Crippen molar-refractivity contribution >= 4 is 41.1 Å². The number of likely N-dealkylation sites (tertiary alicyclic amines) is 2. The summed E-state index contributed by atoms with van der Waals surface area (Å²) in [5.41, 5.74) is 0.869. The Bertz CT molecular complexity index is 1080. The smallest absolute Gasteiger partial charge is 0.409 e. The highest BCUT2D eigenvalue weighted by molar-refractivity contribution is 6.42. The molecule has 0 aromatic heterocycles. The minimum Gasteiger partial charge on any atom is -0.449 e. The zero-order chi connectivity index (χ0) is 26.5. The molecule has 4 aliphatic rings. The van der Waals surface area contributed by atoms with Gasteiger partial charge >= 0.3 is 6.09 Å². The molecule has 202 valence electrons. The molecule has 2 saturated heterocycles. The maximum absolute atomic E-state index is 13.6. The van der Waals surface area contributed by atoms with E-state index >= 15 is 0 Å². The lowest BCUT2D eigenvalue weighted by atomic mass is 9.93. The summed E-state index contributed by atoms with van der Waals surface area (Å²) in [5.74, 6) is 0.115. The molecule has 7 nitrogen and oxygen atoms in total. The fourth-order valence-corrected chi connectivity index (χ4v) is 5.94. The second kappa shape index (κ2) is 9.96. The molecule has 1 aromatic carbocycles. The van der Waals surface area contributed by atoms with E-state index in [2.05, 4.69) is 6.92 Å². The highest BCUT2D eigenvalue weighted by Gasteiger charge is 2.48. The number of carbonyl (C=O) groups is 3. The summed E-state index contributed by atoms with van der Waals surface area (Å²) in [5, 5.41) is 0.927. The van der Waals surface area contributed by atoms with Crippen LogP contribution in [0.1, 0.15) is 63.9 Å². The minimum absolute atomic E-state index is 0.101. The van der Waals surface area contributed by atoms with Crippen LogP contribution in [0, 0.1) is 16.7 Å². The van der Waals surface area contributed by atoms with Gasteiger partial charge in [0, 0.05) is 55.9 Å². The monoisotopic (exact) mass is 549 g/mol. The Morgan fingerprint density at radius 3 is 2.27 bits per heavy atom. The van der Waals surface area contributed by atoms with Crippen molar-refractivity contribution in [2.24, 2.45) is 16.7 Å². The third-order valence-corrected chi connectivity index (χ3v) is 9.79. The van der Waals surface area contributed by atoms with Crippen LogP contribution in [0.15, 0.2) is 18.2 Å². The van der Waals surface area contributed by atoms with Crippen molar-refractivity contribution in [3.05, 3.63) is 33.8 Å². The molecule has 0 N–H and O–H groups in total. The number of halogens is 2. The average molecular weight is 551 g/mol. The van der Waals surface area contributed by atoms with Crippen LogP contribution in [0.3, 0.4) is 0 Å². The van der Waals surface area contributed by atoms with Crippen LogP contribution in [0.5, 0.6) is 0 Å². The summed E-state index contributed by atoms with van der Waals surface area (Å²) >= 11 is 12.5. The maximum atomic E-state index is 13.6. The maximum Gasteiger partial charge on any atom is 0.409 e. The van der Waals surface area contributed by atoms with Crippen molar-refractivity contribution in [3.63, 3.8) is 0 Å². The molecule has 37 heavy (non-hydrogen) atoms. The Morgan fingerprint density at radius 2 is 1.68 bits per heavy atom. The SMILES string of the molecule is CN(C(=O)OCC1(C)CC1)C1CN(C(=O)C2CCN(C(=O)C3(C)CC3)CC2)CC1c1ccc(Cl)c(Cl)c1. The topological polar surface area (TPSA) is 70.2 Å². The molecule has 2 unspecified atom stereocenters. The van der Waals surface area contributed by atoms with Crippen LogP contribution >= 0.6 is 23.2 Å². The van der Waals surface area contributed by atoms with Crippen molar-refractivity contribution in [2.75, 3.05) is 39.8 Å². The number of likely N-dealkylation sites (N-methyl/N-ethyl adjacent to an activating group) is 1. The molecular weight excluding hydrogens is 513 g/mol. The molecular formula is C28H37Cl2N3O4. The van der Waals surface area contributed by atoms with E-state index in [1.54, 1.807) is 18.0 Å². The van der Waals surface area contributed by atoms with Gasteiger partial charge in [0.2, 0.25) is 11.8 Å². The van der Waals surface area contributed by atoms with E-state index in [4.69, 9.17) is 27.9 Å². The van der Waals surface area contributed by atoms with Gasteiger partial charge in [-0.05, 0) is 56.2 Å². The Labute approximate surface area is 229 Å². The summed E-state index contributed by atoms with van der Waals surface area (Å²) in [7, 11) is 1.75. The standard InChI is InChI=1S/C28H37Cl2N3O4/c1-27(8-9-27)17-37-26(36)31(3)23-16-33(15-20(23)19-4-5-21(29)22(30)14-19)24(34)18-6-12-32(13-7-18)25(35)28(2)10-11-28/h4-5,14,18,20,23H,6-13,15-17H2,1-3H3. The molecule has 2 aliphatic heterocycles. The van der Waals surface area contributed by atoms with Crippen LogP contribution in [0.4, 0.5) is 4.79 Å². The molecule has 4 fully saturated rings. The predicted molar refractivity (Wildman–Crippen MR) is 143 cm³/mol. The van der Waals surface area contributed by atoms with Gasteiger partial charge in [0.15, 0.2) is 0 Å². The first-order chi connectivity index (χ1) is 17.5. The van der Waals surface area contributed by atoms with Gasteiger partial charge in [-0.2, -0.15) is 0 Å². The van der Waals surface area contributed by atoms with Gasteiger partial charge in [0.1, 0.15) is 0 Å². The van der Waals surface area contributed by atoms with Gasteiger partial charge in [-0.15, -0.1) is 0 Å². The Hall–Kier alpha value is -1.99. The fourth-order valence-electron chi connectivity index (χ4n) is 5.63. The van der Waals surface area contributed by atoms with Crippen LogP contribution in [0.25, 0.3) is 0 Å². The molecule has 2 atom stereocenters. The summed E-state index contributed by atoms with van der Waals surface area (Å²) in [4.78, 5) is 44.8. The predicted octanol–water partition coefficient (Wildman–Crippen LogP) is 5.20.